The van der Waals surface area contributed by atoms with E-state index in [1.54, 1.807) is 11.3 Å². The van der Waals surface area contributed by atoms with Gasteiger partial charge < -0.3 is 5.32 Å². The second-order valence-electron chi connectivity index (χ2n) is 5.29. The maximum atomic E-state index is 5.94. The lowest BCUT2D eigenvalue weighted by Gasteiger charge is -2.20. The summed E-state index contributed by atoms with van der Waals surface area (Å²) < 4.78 is 2.84. The summed E-state index contributed by atoms with van der Waals surface area (Å²) >= 11 is 7.54. The van der Waals surface area contributed by atoms with Gasteiger partial charge in [0, 0.05) is 23.2 Å². The molecule has 2 heterocycles. The lowest BCUT2D eigenvalue weighted by atomic mass is 10.1. The van der Waals surface area contributed by atoms with Gasteiger partial charge in [-0.3, -0.25) is 4.68 Å². The minimum Gasteiger partial charge on any atom is -0.306 e. The van der Waals surface area contributed by atoms with E-state index in [1.165, 1.54) is 10.6 Å². The monoisotopic (exact) mass is 283 g/mol. The number of rotatable bonds is 4. The molecule has 2 aromatic rings. The average Bonchev–Trinajstić information content (AvgIpc) is 2.85. The molecule has 5 heteroatoms. The van der Waals surface area contributed by atoms with Crippen molar-refractivity contribution in [1.82, 2.24) is 15.1 Å². The fourth-order valence-corrected chi connectivity index (χ4v) is 2.66. The van der Waals surface area contributed by atoms with Crippen LogP contribution in [-0.4, -0.2) is 15.3 Å². The Bertz CT molecular complexity index is 510. The lowest BCUT2D eigenvalue weighted by Crippen LogP contribution is -2.35. The predicted octanol–water partition coefficient (Wildman–Crippen LogP) is 3.53. The first kappa shape index (κ1) is 13.6. The Balaban J connectivity index is 2.03. The highest BCUT2D eigenvalue weighted by Crippen LogP contribution is 2.22. The summed E-state index contributed by atoms with van der Waals surface area (Å²) in [6.45, 7) is 8.08. The van der Waals surface area contributed by atoms with E-state index in [0.29, 0.717) is 0 Å². The minimum absolute atomic E-state index is 0.112. The van der Waals surface area contributed by atoms with E-state index in [1.807, 2.05) is 23.0 Å². The van der Waals surface area contributed by atoms with E-state index in [9.17, 15) is 0 Å². The number of nitrogens with one attached hydrogen (secondary N) is 1. The number of hydrogen-bond donors (Lipinski definition) is 1. The molecule has 98 valence electrons. The Morgan fingerprint density at radius 1 is 1.33 bits per heavy atom. The second kappa shape index (κ2) is 5.43. The zero-order valence-electron chi connectivity index (χ0n) is 10.9. The van der Waals surface area contributed by atoms with Crippen molar-refractivity contribution in [3.63, 3.8) is 0 Å². The molecule has 1 N–H and O–H groups in total. The first-order valence-corrected chi connectivity index (χ1v) is 7.13. The molecule has 0 radical (unpaired) electrons. The fourth-order valence-electron chi connectivity index (χ4n) is 1.59. The zero-order valence-corrected chi connectivity index (χ0v) is 12.5. The molecular weight excluding hydrogens is 266 g/mol. The van der Waals surface area contributed by atoms with Crippen molar-refractivity contribution < 1.29 is 0 Å². The maximum Gasteiger partial charge on any atom is 0.0931 e. The van der Waals surface area contributed by atoms with Crippen molar-refractivity contribution in [1.29, 1.82) is 0 Å². The van der Waals surface area contributed by atoms with Crippen LogP contribution >= 0.6 is 22.9 Å². The SMILES string of the molecule is CC(C)(C)NCc1ccnn1Cc1ccc(Cl)s1. The molecule has 0 aliphatic carbocycles. The Morgan fingerprint density at radius 3 is 2.72 bits per heavy atom. The average molecular weight is 284 g/mol. The van der Waals surface area contributed by atoms with Gasteiger partial charge in [-0.1, -0.05) is 11.6 Å². The molecule has 0 aliphatic rings. The van der Waals surface area contributed by atoms with Gasteiger partial charge >= 0.3 is 0 Å². The number of halogens is 1. The molecule has 3 nitrogen and oxygen atoms in total. The number of hydrogen-bond acceptors (Lipinski definition) is 3. The standard InChI is InChI=1S/C13H18ClN3S/c1-13(2,3)15-8-10-6-7-16-17(10)9-11-4-5-12(14)18-11/h4-7,15H,8-9H2,1-3H3. The Labute approximate surface area is 117 Å². The molecule has 0 fully saturated rings. The van der Waals surface area contributed by atoms with Crippen LogP contribution in [0.5, 0.6) is 0 Å². The zero-order chi connectivity index (χ0) is 13.2. The summed E-state index contributed by atoms with van der Waals surface area (Å²) in [5.74, 6) is 0. The topological polar surface area (TPSA) is 29.9 Å². The predicted molar refractivity (Wildman–Crippen MR) is 77.3 cm³/mol. The molecule has 2 aromatic heterocycles. The highest BCUT2D eigenvalue weighted by atomic mass is 35.5. The summed E-state index contributed by atoms with van der Waals surface area (Å²) in [6, 6.07) is 6.03. The second-order valence-corrected chi connectivity index (χ2v) is 7.09. The summed E-state index contributed by atoms with van der Waals surface area (Å²) in [7, 11) is 0. The molecule has 0 saturated carbocycles. The van der Waals surface area contributed by atoms with Gasteiger partial charge in [0.2, 0.25) is 0 Å². The van der Waals surface area contributed by atoms with Gasteiger partial charge in [0.05, 0.1) is 16.6 Å². The molecule has 0 bridgehead atoms. The van der Waals surface area contributed by atoms with E-state index in [-0.39, 0.29) is 5.54 Å². The smallest absolute Gasteiger partial charge is 0.0931 e. The van der Waals surface area contributed by atoms with Crippen LogP contribution in [0.25, 0.3) is 0 Å². The van der Waals surface area contributed by atoms with Crippen molar-refractivity contribution in [3.8, 4) is 0 Å². The van der Waals surface area contributed by atoms with Crippen molar-refractivity contribution in [3.05, 3.63) is 39.3 Å². The molecular formula is C13H18ClN3S. The van der Waals surface area contributed by atoms with Crippen LogP contribution in [0.4, 0.5) is 0 Å². The molecule has 0 amide bonds. The van der Waals surface area contributed by atoms with Crippen LogP contribution in [-0.2, 0) is 13.1 Å². The highest BCUT2D eigenvalue weighted by molar-refractivity contribution is 7.16. The van der Waals surface area contributed by atoms with Crippen LogP contribution in [0.1, 0.15) is 31.3 Å². The summed E-state index contributed by atoms with van der Waals surface area (Å²) in [5.41, 5.74) is 1.30. The summed E-state index contributed by atoms with van der Waals surface area (Å²) in [4.78, 5) is 1.22. The largest absolute Gasteiger partial charge is 0.306 e. The summed E-state index contributed by atoms with van der Waals surface area (Å²) in [6.07, 6.45) is 1.84. The van der Waals surface area contributed by atoms with Gasteiger partial charge in [-0.05, 0) is 39.0 Å². The Hall–Kier alpha value is -0.840. The minimum atomic E-state index is 0.112. The highest BCUT2D eigenvalue weighted by Gasteiger charge is 2.11. The third-order valence-corrected chi connectivity index (χ3v) is 3.75. The van der Waals surface area contributed by atoms with Gasteiger partial charge in [-0.2, -0.15) is 5.10 Å². The van der Waals surface area contributed by atoms with E-state index in [0.717, 1.165) is 17.4 Å². The van der Waals surface area contributed by atoms with E-state index >= 15 is 0 Å². The van der Waals surface area contributed by atoms with E-state index in [4.69, 9.17) is 11.6 Å². The molecule has 0 aliphatic heterocycles. The van der Waals surface area contributed by atoms with E-state index in [2.05, 4.69) is 37.3 Å². The van der Waals surface area contributed by atoms with Crippen LogP contribution in [0.3, 0.4) is 0 Å². The molecule has 2 rings (SSSR count). The fraction of sp³-hybridized carbons (Fsp3) is 0.462. The molecule has 0 saturated heterocycles. The first-order chi connectivity index (χ1) is 8.44. The van der Waals surface area contributed by atoms with Gasteiger partial charge in [-0.15, -0.1) is 11.3 Å². The number of nitrogens with zero attached hydrogens (tertiary/aromatic N) is 2. The van der Waals surface area contributed by atoms with Crippen LogP contribution in [0.15, 0.2) is 24.4 Å². The number of thiophene rings is 1. The van der Waals surface area contributed by atoms with Crippen LogP contribution < -0.4 is 5.32 Å². The third kappa shape index (κ3) is 3.83. The van der Waals surface area contributed by atoms with Crippen LogP contribution in [0, 0.1) is 0 Å². The molecule has 0 aromatic carbocycles. The van der Waals surface area contributed by atoms with Crippen molar-refractivity contribution in [2.75, 3.05) is 0 Å². The van der Waals surface area contributed by atoms with Crippen molar-refractivity contribution in [2.45, 2.75) is 39.4 Å². The first-order valence-electron chi connectivity index (χ1n) is 5.94. The van der Waals surface area contributed by atoms with Crippen molar-refractivity contribution >= 4 is 22.9 Å². The molecule has 18 heavy (non-hydrogen) atoms. The molecule has 0 atom stereocenters. The Morgan fingerprint density at radius 2 is 2.11 bits per heavy atom. The maximum absolute atomic E-state index is 5.94. The van der Waals surface area contributed by atoms with E-state index < -0.39 is 0 Å². The lowest BCUT2D eigenvalue weighted by molar-refractivity contribution is 0.414. The van der Waals surface area contributed by atoms with Gasteiger partial charge in [-0.25, -0.2) is 0 Å². The number of aromatic nitrogens is 2. The van der Waals surface area contributed by atoms with Gasteiger partial charge in [0.25, 0.3) is 0 Å². The Kier molecular flexibility index (Phi) is 4.10. The summed E-state index contributed by atoms with van der Waals surface area (Å²) in [5, 5.41) is 7.83. The van der Waals surface area contributed by atoms with Crippen molar-refractivity contribution in [2.24, 2.45) is 0 Å². The van der Waals surface area contributed by atoms with Gasteiger partial charge in [0.15, 0.2) is 0 Å². The quantitative estimate of drug-likeness (QED) is 0.930. The normalized spacial score (nSPS) is 12.0. The molecule has 0 unspecified atom stereocenters. The third-order valence-electron chi connectivity index (χ3n) is 2.54. The van der Waals surface area contributed by atoms with Gasteiger partial charge in [0.1, 0.15) is 0 Å². The molecule has 0 spiro atoms. The van der Waals surface area contributed by atoms with Crippen LogP contribution in [0.2, 0.25) is 4.34 Å².